The molecule has 0 unspecified atom stereocenters. The third-order valence-electron chi connectivity index (χ3n) is 13.9. The van der Waals surface area contributed by atoms with Gasteiger partial charge >= 0.3 is 0 Å². The van der Waals surface area contributed by atoms with Crippen LogP contribution in [0.2, 0.25) is 0 Å². The van der Waals surface area contributed by atoms with Crippen molar-refractivity contribution in [3.05, 3.63) is 0 Å². The maximum absolute atomic E-state index is 8.66. The molecular formula is C56H121N2O4P. The monoisotopic (exact) mass is 917 g/mol. The lowest BCUT2D eigenvalue weighted by atomic mass is 10.1. The normalized spacial score (nSPS) is 12.0. The van der Waals surface area contributed by atoms with Crippen LogP contribution in [0.25, 0.3) is 0 Å². The van der Waals surface area contributed by atoms with Crippen molar-refractivity contribution in [3.63, 3.8) is 0 Å². The van der Waals surface area contributed by atoms with Crippen molar-refractivity contribution in [2.45, 2.75) is 312 Å². The van der Waals surface area contributed by atoms with Gasteiger partial charge in [-0.05, 0) is 89.9 Å². The zero-order chi connectivity index (χ0) is 47.4. The van der Waals surface area contributed by atoms with Crippen LogP contribution in [-0.2, 0) is 4.57 Å². The third-order valence-corrected chi connectivity index (χ3v) is 13.9. The lowest BCUT2D eigenvalue weighted by molar-refractivity contribution is -0.929. The fourth-order valence-corrected chi connectivity index (χ4v) is 9.69. The van der Waals surface area contributed by atoms with Gasteiger partial charge in [0.2, 0.25) is 0 Å². The topological polar surface area (TPSA) is 83.4 Å². The molecule has 0 aliphatic rings. The van der Waals surface area contributed by atoms with Crippen molar-refractivity contribution in [1.82, 2.24) is 0 Å². The van der Waals surface area contributed by atoms with Gasteiger partial charge in [-0.15, -0.1) is 0 Å². The van der Waals surface area contributed by atoms with Crippen LogP contribution in [0.4, 0.5) is 0 Å². The first-order valence-electron chi connectivity index (χ1n) is 28.9. The molecule has 0 aromatic rings. The van der Waals surface area contributed by atoms with Crippen LogP contribution in [-0.4, -0.2) is 66.2 Å². The Labute approximate surface area is 399 Å². The van der Waals surface area contributed by atoms with Crippen LogP contribution in [0.1, 0.15) is 312 Å². The van der Waals surface area contributed by atoms with Crippen molar-refractivity contribution in [3.8, 4) is 0 Å². The average molecular weight is 918 g/mol. The van der Waals surface area contributed by atoms with Gasteiger partial charge in [-0.3, -0.25) is 0 Å². The van der Waals surface area contributed by atoms with E-state index in [1.807, 2.05) is 0 Å². The summed E-state index contributed by atoms with van der Waals surface area (Å²) in [5.41, 5.74) is 0. The first-order chi connectivity index (χ1) is 30.5. The quantitative estimate of drug-likeness (QED) is 0.0374. The highest BCUT2D eigenvalue weighted by Gasteiger charge is 2.27. The van der Waals surface area contributed by atoms with Gasteiger partial charge in [-0.2, -0.15) is 0 Å². The highest BCUT2D eigenvalue weighted by molar-refractivity contribution is 7.42. The van der Waals surface area contributed by atoms with Crippen LogP contribution in [0, 0.1) is 0 Å². The van der Waals surface area contributed by atoms with E-state index in [1.165, 1.54) is 318 Å². The highest BCUT2D eigenvalue weighted by Crippen LogP contribution is 2.22. The molecule has 0 saturated heterocycles. The van der Waals surface area contributed by atoms with Gasteiger partial charge in [-0.25, -0.2) is 0 Å². The zero-order valence-corrected chi connectivity index (χ0v) is 45.8. The first kappa shape index (κ1) is 67.3. The molecule has 0 saturated carbocycles. The fraction of sp³-hybridized carbons (Fsp3) is 1.00. The zero-order valence-electron chi connectivity index (χ0n) is 45.0. The number of quaternary nitrogens is 2. The molecule has 384 valence electrons. The molecule has 6 nitrogen and oxygen atoms in total. The molecule has 0 spiro atoms. The van der Waals surface area contributed by atoms with E-state index >= 15 is 0 Å². The smallest absolute Gasteiger partial charge is 0.0786 e. The van der Waals surface area contributed by atoms with Crippen LogP contribution < -0.4 is 9.79 Å². The molecular weight excluding hydrogens is 796 g/mol. The summed E-state index contributed by atoms with van der Waals surface area (Å²) in [5, 5.41) is 0. The van der Waals surface area contributed by atoms with Crippen molar-refractivity contribution < 1.29 is 28.2 Å². The van der Waals surface area contributed by atoms with Gasteiger partial charge in [0.1, 0.15) is 0 Å². The molecule has 1 N–H and O–H groups in total. The van der Waals surface area contributed by atoms with Gasteiger partial charge in [-0.1, -0.05) is 222 Å². The van der Waals surface area contributed by atoms with Crippen molar-refractivity contribution in [2.75, 3.05) is 52.4 Å². The Morgan fingerprint density at radius 3 is 0.508 bits per heavy atom. The second-order valence-electron chi connectivity index (χ2n) is 20.3. The molecule has 0 aromatic carbocycles. The number of nitrogens with zero attached hydrogens (tertiary/aromatic N) is 2. The predicted molar refractivity (Wildman–Crippen MR) is 279 cm³/mol. The SMILES string of the molecule is CCCCCCCC[N+](CCCC)(CCCCCCCC)CCCCCCCC.CCCCCCCC[N+](CCCC)(CCCCCCCC)CCCCCCCC.O=P([O-])([O-])O. The van der Waals surface area contributed by atoms with Crippen molar-refractivity contribution >= 4 is 7.82 Å². The molecule has 0 fully saturated rings. The number of rotatable bonds is 48. The van der Waals surface area contributed by atoms with E-state index in [-0.39, 0.29) is 0 Å². The molecule has 0 amide bonds. The Morgan fingerprint density at radius 2 is 0.365 bits per heavy atom. The summed E-state index contributed by atoms with van der Waals surface area (Å²) in [5.74, 6) is 0. The fourth-order valence-electron chi connectivity index (χ4n) is 9.69. The molecule has 0 aliphatic carbocycles. The minimum Gasteiger partial charge on any atom is -0.790 e. The molecule has 63 heavy (non-hydrogen) atoms. The number of hydrogen-bond acceptors (Lipinski definition) is 3. The second-order valence-corrected chi connectivity index (χ2v) is 21.2. The largest absolute Gasteiger partial charge is 0.790 e. The molecule has 0 atom stereocenters. The summed E-state index contributed by atoms with van der Waals surface area (Å²) in [6.45, 7) is 30.4. The molecule has 7 heteroatoms. The number of phosphoric acid groups is 1. The maximum Gasteiger partial charge on any atom is 0.0786 e. The van der Waals surface area contributed by atoms with Gasteiger partial charge in [0.15, 0.2) is 0 Å². The van der Waals surface area contributed by atoms with E-state index in [4.69, 9.17) is 19.2 Å². The summed E-state index contributed by atoms with van der Waals surface area (Å²) in [7, 11) is -5.14. The Balaban J connectivity index is -0.00000103. The molecule has 0 aliphatic heterocycles. The number of unbranched alkanes of at least 4 members (excludes halogenated alkanes) is 32. The van der Waals surface area contributed by atoms with Crippen LogP contribution in [0.3, 0.4) is 0 Å². The van der Waals surface area contributed by atoms with Gasteiger partial charge < -0.3 is 28.2 Å². The minimum atomic E-state index is -5.14. The Bertz CT molecular complexity index is 734. The van der Waals surface area contributed by atoms with E-state index in [0.717, 1.165) is 0 Å². The van der Waals surface area contributed by atoms with Crippen LogP contribution in [0.15, 0.2) is 0 Å². The van der Waals surface area contributed by atoms with E-state index in [9.17, 15) is 0 Å². The standard InChI is InChI=1S/2C28H60N.H3O4P/c2*1-5-9-13-16-19-22-26-29(25-12-8-4,27-23-20-17-14-10-6-2)28-24-21-18-15-11-7-3;1-5(2,3)4/h2*5-28H2,1-4H3;(H3,1,2,3,4)/q2*+1;/p-2. The van der Waals surface area contributed by atoms with E-state index in [2.05, 4.69) is 55.4 Å². The highest BCUT2D eigenvalue weighted by atomic mass is 31.2. The number of hydrogen-bond donors (Lipinski definition) is 1. The minimum absolute atomic E-state index is 1.36. The molecule has 0 aromatic heterocycles. The molecule has 0 radical (unpaired) electrons. The van der Waals surface area contributed by atoms with Gasteiger partial charge in [0.05, 0.1) is 60.2 Å². The van der Waals surface area contributed by atoms with Crippen molar-refractivity contribution in [1.29, 1.82) is 0 Å². The lowest BCUT2D eigenvalue weighted by Gasteiger charge is -2.39. The van der Waals surface area contributed by atoms with E-state index in [1.54, 1.807) is 0 Å². The summed E-state index contributed by atoms with van der Waals surface area (Å²) < 4.78 is 11.6. The summed E-state index contributed by atoms with van der Waals surface area (Å²) in [6.07, 6.45) is 57.6. The van der Waals surface area contributed by atoms with Crippen LogP contribution >= 0.6 is 7.82 Å². The lowest BCUT2D eigenvalue weighted by Crippen LogP contribution is -2.50. The first-order valence-corrected chi connectivity index (χ1v) is 30.4. The average Bonchev–Trinajstić information content (AvgIpc) is 3.26. The summed E-state index contributed by atoms with van der Waals surface area (Å²) in [4.78, 5) is 24.3. The van der Waals surface area contributed by atoms with E-state index < -0.39 is 7.82 Å². The second kappa shape index (κ2) is 53.0. The van der Waals surface area contributed by atoms with Crippen molar-refractivity contribution in [2.24, 2.45) is 0 Å². The summed E-state index contributed by atoms with van der Waals surface area (Å²) >= 11 is 0. The van der Waals surface area contributed by atoms with Crippen LogP contribution in [0.5, 0.6) is 0 Å². The Hall–Kier alpha value is 0.0300. The molecule has 0 heterocycles. The van der Waals surface area contributed by atoms with Gasteiger partial charge in [0, 0.05) is 0 Å². The Morgan fingerprint density at radius 1 is 0.254 bits per heavy atom. The molecule has 0 bridgehead atoms. The van der Waals surface area contributed by atoms with Gasteiger partial charge in [0.25, 0.3) is 0 Å². The third kappa shape index (κ3) is 54.5. The predicted octanol–water partition coefficient (Wildman–Crippen LogP) is 17.2. The molecule has 0 rings (SSSR count). The maximum atomic E-state index is 8.66. The van der Waals surface area contributed by atoms with E-state index in [0.29, 0.717) is 0 Å². The Kier molecular flexibility index (Phi) is 56.6. The summed E-state index contributed by atoms with van der Waals surface area (Å²) in [6, 6.07) is 0.